The Morgan fingerprint density at radius 1 is 0.243 bits per heavy atom. The molecule has 0 unspecified atom stereocenters. The number of aryl methyl sites for hydroxylation is 4. The van der Waals surface area contributed by atoms with Crippen LogP contribution in [0.25, 0.3) is 76.5 Å². The molecule has 0 spiro atoms. The number of hydrogen-bond acceptors (Lipinski definition) is 2. The molecule has 330 valence electrons. The minimum atomic E-state index is 0.997. The molecule has 2 heteroatoms. The Hall–Kier alpha value is -8.72. The van der Waals surface area contributed by atoms with E-state index in [1.165, 1.54) is 121 Å². The summed E-state index contributed by atoms with van der Waals surface area (Å²) in [6.07, 6.45) is 3.99. The zero-order valence-corrected chi connectivity index (χ0v) is 38.8. The lowest BCUT2D eigenvalue weighted by Crippen LogP contribution is -2.12. The lowest BCUT2D eigenvalue weighted by Gasteiger charge is -2.29. The standard InChI is InChI=1S/C68H48N2/c1-2-20-53-42-54(37-28-45(53)14-1)68-60-41-39-55(69-63-24-9-4-16-48(63)31-32-49-17-5-10-25-64(49)69)43-61(60)67(52-35-29-47(30-36-52)58-23-13-21-46-15-3-8-22-57(46)58)59-40-38-56(44-62(59)68)70-65-26-11-6-18-50(65)33-34-51-19-7-12-27-66(51)70/h1-30,35-44H,31-34H2. The van der Waals surface area contributed by atoms with Crippen molar-refractivity contribution >= 4 is 77.2 Å². The zero-order chi connectivity index (χ0) is 46.1. The fourth-order valence-electron chi connectivity index (χ4n) is 11.9. The van der Waals surface area contributed by atoms with Gasteiger partial charge in [0, 0.05) is 34.1 Å². The number of fused-ring (bicyclic) bond motifs is 8. The van der Waals surface area contributed by atoms with Crippen LogP contribution in [0.1, 0.15) is 22.3 Å². The van der Waals surface area contributed by atoms with E-state index in [0.29, 0.717) is 0 Å². The molecule has 2 aliphatic heterocycles. The Morgan fingerprint density at radius 3 is 1.20 bits per heavy atom. The molecule has 0 bridgehead atoms. The molecule has 12 aromatic carbocycles. The monoisotopic (exact) mass is 892 g/mol. The van der Waals surface area contributed by atoms with Gasteiger partial charge in [0.25, 0.3) is 0 Å². The van der Waals surface area contributed by atoms with Crippen molar-refractivity contribution in [3.05, 3.63) is 265 Å². The minimum Gasteiger partial charge on any atom is -0.310 e. The second-order valence-electron chi connectivity index (χ2n) is 19.1. The summed E-state index contributed by atoms with van der Waals surface area (Å²) >= 11 is 0. The van der Waals surface area contributed by atoms with Gasteiger partial charge in [-0.15, -0.1) is 0 Å². The van der Waals surface area contributed by atoms with E-state index >= 15 is 0 Å². The van der Waals surface area contributed by atoms with Crippen LogP contribution in [-0.2, 0) is 25.7 Å². The van der Waals surface area contributed by atoms with Crippen molar-refractivity contribution in [2.75, 3.05) is 9.80 Å². The highest BCUT2D eigenvalue weighted by Crippen LogP contribution is 2.51. The third-order valence-corrected chi connectivity index (χ3v) is 15.2. The first-order valence-corrected chi connectivity index (χ1v) is 24.7. The van der Waals surface area contributed by atoms with Gasteiger partial charge in [-0.25, -0.2) is 0 Å². The van der Waals surface area contributed by atoms with Crippen LogP contribution in [0.5, 0.6) is 0 Å². The van der Waals surface area contributed by atoms with Gasteiger partial charge in [-0.1, -0.05) is 188 Å². The van der Waals surface area contributed by atoms with E-state index < -0.39 is 0 Å². The predicted octanol–water partition coefficient (Wildman–Crippen LogP) is 18.4. The molecule has 0 saturated carbocycles. The van der Waals surface area contributed by atoms with Crippen molar-refractivity contribution < 1.29 is 0 Å². The maximum Gasteiger partial charge on any atom is 0.0493 e. The molecule has 0 amide bonds. The Morgan fingerprint density at radius 2 is 0.657 bits per heavy atom. The highest BCUT2D eigenvalue weighted by molar-refractivity contribution is 6.23. The van der Waals surface area contributed by atoms with E-state index in [1.807, 2.05) is 0 Å². The Kier molecular flexibility index (Phi) is 9.52. The van der Waals surface area contributed by atoms with Gasteiger partial charge in [0.15, 0.2) is 0 Å². The van der Waals surface area contributed by atoms with Gasteiger partial charge in [0.2, 0.25) is 0 Å². The van der Waals surface area contributed by atoms with Gasteiger partial charge in [-0.05, 0) is 179 Å². The van der Waals surface area contributed by atoms with Crippen molar-refractivity contribution in [2.45, 2.75) is 25.7 Å². The number of hydrogen-bond donors (Lipinski definition) is 0. The Balaban J connectivity index is 1.08. The highest BCUT2D eigenvalue weighted by atomic mass is 15.2. The third-order valence-electron chi connectivity index (χ3n) is 15.2. The number of benzene rings is 12. The molecule has 0 aliphatic carbocycles. The van der Waals surface area contributed by atoms with Crippen LogP contribution >= 0.6 is 0 Å². The lowest BCUT2D eigenvalue weighted by molar-refractivity contribution is 0.977. The number of anilines is 6. The van der Waals surface area contributed by atoms with E-state index in [9.17, 15) is 0 Å². The summed E-state index contributed by atoms with van der Waals surface area (Å²) in [7, 11) is 0. The molecule has 2 aliphatic rings. The molecule has 0 N–H and O–H groups in total. The summed E-state index contributed by atoms with van der Waals surface area (Å²) in [6, 6.07) is 91.0. The molecule has 12 aromatic rings. The molecule has 0 atom stereocenters. The van der Waals surface area contributed by atoms with Gasteiger partial charge >= 0.3 is 0 Å². The van der Waals surface area contributed by atoms with E-state index in [4.69, 9.17) is 0 Å². The van der Waals surface area contributed by atoms with Crippen molar-refractivity contribution in [1.82, 2.24) is 0 Å². The lowest BCUT2D eigenvalue weighted by atomic mass is 9.84. The number of nitrogens with zero attached hydrogens (tertiary/aromatic N) is 2. The van der Waals surface area contributed by atoms with E-state index in [0.717, 1.165) is 37.1 Å². The average Bonchev–Trinajstić information content (AvgIpc) is 3.70. The first-order valence-electron chi connectivity index (χ1n) is 24.7. The van der Waals surface area contributed by atoms with Crippen LogP contribution in [-0.4, -0.2) is 0 Å². The van der Waals surface area contributed by atoms with E-state index in [2.05, 4.69) is 252 Å². The highest BCUT2D eigenvalue weighted by Gasteiger charge is 2.27. The first-order chi connectivity index (χ1) is 34.7. The average molecular weight is 893 g/mol. The van der Waals surface area contributed by atoms with Crippen LogP contribution in [0.2, 0.25) is 0 Å². The second-order valence-corrected chi connectivity index (χ2v) is 19.1. The third kappa shape index (κ3) is 6.63. The van der Waals surface area contributed by atoms with Crippen LogP contribution in [0.15, 0.2) is 243 Å². The van der Waals surface area contributed by atoms with Gasteiger partial charge in [-0.3, -0.25) is 0 Å². The Bertz CT molecular complexity index is 3930. The molecule has 2 heterocycles. The van der Waals surface area contributed by atoms with Crippen LogP contribution in [0.3, 0.4) is 0 Å². The van der Waals surface area contributed by atoms with Crippen LogP contribution in [0.4, 0.5) is 34.1 Å². The molecule has 70 heavy (non-hydrogen) atoms. The van der Waals surface area contributed by atoms with Crippen molar-refractivity contribution in [2.24, 2.45) is 0 Å². The van der Waals surface area contributed by atoms with Crippen LogP contribution < -0.4 is 9.80 Å². The first kappa shape index (κ1) is 40.4. The smallest absolute Gasteiger partial charge is 0.0493 e. The summed E-state index contributed by atoms with van der Waals surface area (Å²) in [6.45, 7) is 0. The van der Waals surface area contributed by atoms with Crippen molar-refractivity contribution in [1.29, 1.82) is 0 Å². The summed E-state index contributed by atoms with van der Waals surface area (Å²) < 4.78 is 0. The molecule has 2 nitrogen and oxygen atoms in total. The van der Waals surface area contributed by atoms with Gasteiger partial charge in [-0.2, -0.15) is 0 Å². The predicted molar refractivity (Wildman–Crippen MR) is 297 cm³/mol. The normalized spacial score (nSPS) is 13.1. The number of rotatable bonds is 5. The quantitative estimate of drug-likeness (QED) is 0.159. The minimum absolute atomic E-state index is 0.997. The fraction of sp³-hybridized carbons (Fsp3) is 0.0588. The molecular formula is C68H48N2. The largest absolute Gasteiger partial charge is 0.310 e. The topological polar surface area (TPSA) is 6.48 Å². The summed E-state index contributed by atoms with van der Waals surface area (Å²) in [5.41, 5.74) is 20.1. The maximum absolute atomic E-state index is 2.52. The molecule has 14 rings (SSSR count). The molecule has 0 saturated heterocycles. The molecule has 0 radical (unpaired) electrons. The van der Waals surface area contributed by atoms with Crippen molar-refractivity contribution in [3.8, 4) is 33.4 Å². The van der Waals surface area contributed by atoms with Crippen LogP contribution in [0, 0.1) is 0 Å². The summed E-state index contributed by atoms with van der Waals surface area (Å²) in [4.78, 5) is 5.03. The van der Waals surface area contributed by atoms with Gasteiger partial charge < -0.3 is 9.80 Å². The molecule has 0 fully saturated rings. The van der Waals surface area contributed by atoms with Gasteiger partial charge in [0.05, 0.1) is 0 Å². The summed E-state index contributed by atoms with van der Waals surface area (Å²) in [5, 5.41) is 9.89. The molecular weight excluding hydrogens is 845 g/mol. The fourth-order valence-corrected chi connectivity index (χ4v) is 11.9. The van der Waals surface area contributed by atoms with E-state index in [-0.39, 0.29) is 0 Å². The van der Waals surface area contributed by atoms with E-state index in [1.54, 1.807) is 0 Å². The molecule has 0 aromatic heterocycles. The van der Waals surface area contributed by atoms with Crippen molar-refractivity contribution in [3.63, 3.8) is 0 Å². The maximum atomic E-state index is 2.52. The zero-order valence-electron chi connectivity index (χ0n) is 38.8. The Labute approximate surface area is 409 Å². The SMILES string of the molecule is c1ccc2c(c1)CCc1ccccc1N2c1ccc2c(-c3ccc4ccccc4c3)c3cc(N4c5ccccc5CCc5ccccc54)ccc3c(-c3ccc(-c4cccc5ccccc45)cc3)c2c1. The van der Waals surface area contributed by atoms with Gasteiger partial charge in [0.1, 0.15) is 0 Å². The summed E-state index contributed by atoms with van der Waals surface area (Å²) in [5.74, 6) is 0. The number of para-hydroxylation sites is 4. The second kappa shape index (κ2) is 16.5.